The van der Waals surface area contributed by atoms with Crippen LogP contribution < -0.4 is 16.0 Å². The quantitative estimate of drug-likeness (QED) is 0.477. The van der Waals surface area contributed by atoms with Crippen LogP contribution in [0.3, 0.4) is 0 Å². The summed E-state index contributed by atoms with van der Waals surface area (Å²) in [4.78, 5) is 11.3. The van der Waals surface area contributed by atoms with E-state index in [0.717, 1.165) is 0 Å². The third-order valence-corrected chi connectivity index (χ3v) is 3.38. The summed E-state index contributed by atoms with van der Waals surface area (Å²) in [5, 5.41) is 2.35. The average Bonchev–Trinajstić information content (AvgIpc) is 2.41. The number of unbranched alkanes of at least 4 members (excludes halogenated alkanes) is 9. The highest BCUT2D eigenvalue weighted by Gasteiger charge is 1.94. The number of amides is 2. The largest absolute Gasteiger partial charge is 0.352 e. The van der Waals surface area contributed by atoms with Crippen molar-refractivity contribution in [3.8, 4) is 0 Å². The lowest BCUT2D eigenvalue weighted by atomic mass is 10.1. The summed E-state index contributed by atoms with van der Waals surface area (Å²) in [6.07, 6.45) is 14.5. The van der Waals surface area contributed by atoms with Crippen LogP contribution in [0.25, 0.3) is 0 Å². The maximum atomic E-state index is 9.71. The van der Waals surface area contributed by atoms with Crippen molar-refractivity contribution in [2.45, 2.75) is 78.1 Å². The van der Waals surface area contributed by atoms with E-state index in [1.807, 2.05) is 6.92 Å². The van der Waals surface area contributed by atoms with Crippen molar-refractivity contribution in [1.82, 2.24) is 5.32 Å². The molecule has 4 N–H and O–H groups in total. The number of hydrogen-bond donors (Lipinski definition) is 3. The number of urea groups is 1. The molecule has 4 heteroatoms. The van der Waals surface area contributed by atoms with E-state index in [4.69, 9.17) is 0 Å². The molecule has 0 atom stereocenters. The molecule has 0 aromatic rings. The monoisotopic (exact) mass is 302 g/mol. The second kappa shape index (κ2) is 19.2. The van der Waals surface area contributed by atoms with Crippen molar-refractivity contribution in [2.24, 2.45) is 5.73 Å². The third-order valence-electron chi connectivity index (χ3n) is 3.38. The maximum absolute atomic E-state index is 9.71. The van der Waals surface area contributed by atoms with E-state index < -0.39 is 6.03 Å². The molecule has 0 saturated heterocycles. The molecule has 0 aliphatic carbocycles. The van der Waals surface area contributed by atoms with Gasteiger partial charge in [0.15, 0.2) is 0 Å². The van der Waals surface area contributed by atoms with Crippen LogP contribution in [0.1, 0.15) is 78.1 Å². The van der Waals surface area contributed by atoms with Crippen LogP contribution >= 0.6 is 0 Å². The first-order valence-corrected chi connectivity index (χ1v) is 8.86. The number of primary amides is 1. The summed E-state index contributed by atoms with van der Waals surface area (Å²) in [6, 6.07) is -0.461. The number of quaternary nitrogens is 1. The Morgan fingerprint density at radius 2 is 1.29 bits per heavy atom. The summed E-state index contributed by atoms with van der Waals surface area (Å²) in [5.41, 5.74) is 4.65. The summed E-state index contributed by atoms with van der Waals surface area (Å²) >= 11 is 0. The standard InChI is InChI=1S/C14H31N.C3H8N2O/c1-4-5-6-7-8-9-10-11-12-13-14-15(2)3;1-2-5-3(4)6/h4-14H2,1-3H3;2H2,1H3,(H3,4,5,6)/p+1. The number of rotatable bonds is 12. The van der Waals surface area contributed by atoms with Gasteiger partial charge in [-0.15, -0.1) is 0 Å². The molecule has 4 nitrogen and oxygen atoms in total. The average molecular weight is 303 g/mol. The van der Waals surface area contributed by atoms with Crippen molar-refractivity contribution < 1.29 is 9.69 Å². The zero-order valence-electron chi connectivity index (χ0n) is 15.0. The van der Waals surface area contributed by atoms with E-state index >= 15 is 0 Å². The van der Waals surface area contributed by atoms with Gasteiger partial charge in [0.1, 0.15) is 0 Å². The van der Waals surface area contributed by atoms with Gasteiger partial charge in [-0.2, -0.15) is 0 Å². The van der Waals surface area contributed by atoms with E-state index in [0.29, 0.717) is 6.54 Å². The molecule has 0 rings (SSSR count). The molecule has 0 aromatic heterocycles. The molecule has 128 valence electrons. The van der Waals surface area contributed by atoms with Gasteiger partial charge in [0.05, 0.1) is 20.6 Å². The summed E-state index contributed by atoms with van der Waals surface area (Å²) in [7, 11) is 4.49. The maximum Gasteiger partial charge on any atom is 0.312 e. The molecule has 21 heavy (non-hydrogen) atoms. The Morgan fingerprint density at radius 3 is 1.57 bits per heavy atom. The van der Waals surface area contributed by atoms with Gasteiger partial charge < -0.3 is 16.0 Å². The Morgan fingerprint density at radius 1 is 0.857 bits per heavy atom. The minimum atomic E-state index is -0.461. The molecule has 0 aliphatic rings. The fourth-order valence-electron chi connectivity index (χ4n) is 2.14. The molecular weight excluding hydrogens is 262 g/mol. The van der Waals surface area contributed by atoms with Crippen LogP contribution in [0.15, 0.2) is 0 Å². The second-order valence-electron chi connectivity index (χ2n) is 6.03. The van der Waals surface area contributed by atoms with Crippen molar-refractivity contribution >= 4 is 6.03 Å². The molecule has 0 aromatic carbocycles. The second-order valence-corrected chi connectivity index (χ2v) is 6.03. The van der Waals surface area contributed by atoms with E-state index in [1.54, 1.807) is 4.90 Å². The number of carbonyl (C=O) groups is 1. The third kappa shape index (κ3) is 28.2. The summed E-state index contributed by atoms with van der Waals surface area (Å²) < 4.78 is 0. The van der Waals surface area contributed by atoms with E-state index in [1.165, 1.54) is 70.8 Å². The SMILES string of the molecule is CCCCCCCCCCCC[NH+](C)C.CCNC(N)=O. The lowest BCUT2D eigenvalue weighted by Crippen LogP contribution is -3.05. The van der Waals surface area contributed by atoms with Gasteiger partial charge in [0.2, 0.25) is 0 Å². The van der Waals surface area contributed by atoms with Crippen LogP contribution in [-0.2, 0) is 0 Å². The lowest BCUT2D eigenvalue weighted by Gasteiger charge is -2.06. The number of nitrogens with two attached hydrogens (primary N) is 1. The van der Waals surface area contributed by atoms with Gasteiger partial charge in [-0.05, 0) is 19.8 Å². The predicted molar refractivity (Wildman–Crippen MR) is 92.8 cm³/mol. The minimum Gasteiger partial charge on any atom is -0.352 e. The van der Waals surface area contributed by atoms with Gasteiger partial charge in [-0.3, -0.25) is 0 Å². The topological polar surface area (TPSA) is 59.6 Å². The molecule has 0 spiro atoms. The predicted octanol–water partition coefficient (Wildman–Crippen LogP) is 2.73. The molecule has 0 unspecified atom stereocenters. The molecule has 0 saturated carbocycles. The molecule has 0 fully saturated rings. The Bertz CT molecular complexity index is 208. The normalized spacial score (nSPS) is 10.1. The van der Waals surface area contributed by atoms with Crippen LogP contribution in [0.2, 0.25) is 0 Å². The first-order chi connectivity index (χ1) is 10.0. The number of carbonyl (C=O) groups excluding carboxylic acids is 1. The van der Waals surface area contributed by atoms with E-state index in [2.05, 4.69) is 32.1 Å². The van der Waals surface area contributed by atoms with Gasteiger partial charge in [0, 0.05) is 6.54 Å². The fraction of sp³-hybridized carbons (Fsp3) is 0.941. The fourth-order valence-corrected chi connectivity index (χ4v) is 2.14. The van der Waals surface area contributed by atoms with E-state index in [9.17, 15) is 4.79 Å². The van der Waals surface area contributed by atoms with Gasteiger partial charge in [-0.1, -0.05) is 58.3 Å². The molecule has 0 heterocycles. The molecular formula is C17H40N3O+. The zero-order chi connectivity index (χ0) is 16.3. The first kappa shape index (κ1) is 22.5. The lowest BCUT2D eigenvalue weighted by molar-refractivity contribution is -0.858. The Kier molecular flexibility index (Phi) is 20.6. The molecule has 0 bridgehead atoms. The van der Waals surface area contributed by atoms with Gasteiger partial charge in [-0.25, -0.2) is 4.79 Å². The first-order valence-electron chi connectivity index (χ1n) is 8.86. The van der Waals surface area contributed by atoms with Crippen LogP contribution in [0, 0.1) is 0 Å². The zero-order valence-corrected chi connectivity index (χ0v) is 15.0. The van der Waals surface area contributed by atoms with Crippen molar-refractivity contribution in [3.63, 3.8) is 0 Å². The number of nitrogens with one attached hydrogen (secondary N) is 2. The van der Waals surface area contributed by atoms with Crippen LogP contribution in [0.5, 0.6) is 0 Å². The number of hydrogen-bond acceptors (Lipinski definition) is 1. The van der Waals surface area contributed by atoms with E-state index in [-0.39, 0.29) is 0 Å². The van der Waals surface area contributed by atoms with Crippen LogP contribution in [-0.4, -0.2) is 33.2 Å². The Labute approximate surface area is 132 Å². The molecule has 0 radical (unpaired) electrons. The highest BCUT2D eigenvalue weighted by atomic mass is 16.2. The van der Waals surface area contributed by atoms with Crippen molar-refractivity contribution in [1.29, 1.82) is 0 Å². The van der Waals surface area contributed by atoms with Gasteiger partial charge in [0.25, 0.3) is 0 Å². The molecule has 2 amide bonds. The van der Waals surface area contributed by atoms with Crippen LogP contribution in [0.4, 0.5) is 4.79 Å². The highest BCUT2D eigenvalue weighted by molar-refractivity contribution is 5.71. The smallest absolute Gasteiger partial charge is 0.312 e. The van der Waals surface area contributed by atoms with Crippen molar-refractivity contribution in [3.05, 3.63) is 0 Å². The Hall–Kier alpha value is -0.770. The Balaban J connectivity index is 0. The summed E-state index contributed by atoms with van der Waals surface area (Å²) in [6.45, 7) is 6.04. The molecule has 0 aliphatic heterocycles. The van der Waals surface area contributed by atoms with Crippen molar-refractivity contribution in [2.75, 3.05) is 27.2 Å². The van der Waals surface area contributed by atoms with Gasteiger partial charge >= 0.3 is 6.03 Å². The summed E-state index contributed by atoms with van der Waals surface area (Å²) in [5.74, 6) is 0. The highest BCUT2D eigenvalue weighted by Crippen LogP contribution is 2.09. The minimum absolute atomic E-state index is 0.461.